The molecular weight excluding hydrogens is 300 g/mol. The Hall–Kier alpha value is -0.650. The third-order valence-electron chi connectivity index (χ3n) is 2.36. The zero-order chi connectivity index (χ0) is 12.3. The van der Waals surface area contributed by atoms with E-state index in [1.807, 2.05) is 0 Å². The quantitative estimate of drug-likeness (QED) is 0.848. The minimum atomic E-state index is 0.694. The second-order valence-electron chi connectivity index (χ2n) is 3.86. The highest BCUT2D eigenvalue weighted by Crippen LogP contribution is 2.34. The number of nitrogens with zero attached hydrogens (tertiary/aromatic N) is 1. The van der Waals surface area contributed by atoms with Crippen molar-refractivity contribution < 1.29 is 4.42 Å². The first-order chi connectivity index (χ1) is 8.20. The Balaban J connectivity index is 2.07. The third kappa shape index (κ3) is 3.18. The summed E-state index contributed by atoms with van der Waals surface area (Å²) < 4.78 is 6.85. The molecule has 0 aromatic carbocycles. The van der Waals surface area contributed by atoms with Gasteiger partial charge in [-0.05, 0) is 47.4 Å². The summed E-state index contributed by atoms with van der Waals surface area (Å²) in [6.07, 6.45) is 2.91. The molecule has 0 aliphatic carbocycles. The molecule has 0 saturated heterocycles. The Morgan fingerprint density at radius 2 is 2.35 bits per heavy atom. The minimum absolute atomic E-state index is 0.694. The van der Waals surface area contributed by atoms with Gasteiger partial charge >= 0.3 is 0 Å². The smallest absolute Gasteiger partial charge is 0.208 e. The van der Waals surface area contributed by atoms with Crippen LogP contribution in [0.15, 0.2) is 20.5 Å². The number of hydrogen-bond acceptors (Lipinski definition) is 4. The summed E-state index contributed by atoms with van der Waals surface area (Å²) in [7, 11) is 0. The molecule has 2 aromatic heterocycles. The molecule has 17 heavy (non-hydrogen) atoms. The zero-order valence-electron chi connectivity index (χ0n) is 9.92. The van der Waals surface area contributed by atoms with Gasteiger partial charge in [-0.25, -0.2) is 4.98 Å². The van der Waals surface area contributed by atoms with Crippen molar-refractivity contribution in [1.29, 1.82) is 0 Å². The summed E-state index contributed by atoms with van der Waals surface area (Å²) in [5.41, 5.74) is 1.23. The van der Waals surface area contributed by atoms with E-state index in [1.54, 1.807) is 17.5 Å². The van der Waals surface area contributed by atoms with Crippen LogP contribution in [0.4, 0.5) is 0 Å². The fourth-order valence-corrected chi connectivity index (χ4v) is 2.94. The lowest BCUT2D eigenvalue weighted by Gasteiger charge is -1.97. The van der Waals surface area contributed by atoms with Crippen molar-refractivity contribution in [2.24, 2.45) is 0 Å². The molecule has 0 unspecified atom stereocenters. The lowest BCUT2D eigenvalue weighted by molar-refractivity contribution is 0.478. The maximum Gasteiger partial charge on any atom is 0.208 e. The zero-order valence-corrected chi connectivity index (χ0v) is 12.3. The molecule has 0 radical (unpaired) electrons. The van der Waals surface area contributed by atoms with E-state index in [2.05, 4.69) is 46.1 Å². The molecule has 0 atom stereocenters. The van der Waals surface area contributed by atoms with E-state index in [1.165, 1.54) is 5.56 Å². The highest BCUT2D eigenvalue weighted by atomic mass is 79.9. The molecule has 0 bridgehead atoms. The highest BCUT2D eigenvalue weighted by Gasteiger charge is 2.10. The van der Waals surface area contributed by atoms with Crippen LogP contribution in [-0.2, 0) is 6.54 Å². The average molecular weight is 315 g/mol. The van der Waals surface area contributed by atoms with Crippen LogP contribution in [0.2, 0.25) is 0 Å². The topological polar surface area (TPSA) is 38.1 Å². The van der Waals surface area contributed by atoms with Crippen molar-refractivity contribution in [1.82, 2.24) is 10.3 Å². The van der Waals surface area contributed by atoms with E-state index in [-0.39, 0.29) is 0 Å². The van der Waals surface area contributed by atoms with E-state index >= 15 is 0 Å². The number of hydrogen-bond donors (Lipinski definition) is 1. The van der Waals surface area contributed by atoms with Gasteiger partial charge in [0.05, 0.1) is 21.4 Å². The lowest BCUT2D eigenvalue weighted by atomic mass is 10.3. The standard InChI is InChI=1S/C12H15BrN2OS/c1-3-4-14-7-11-15-6-9(16-11)10-5-8(2)12(13)17-10/h5-6,14H,3-4,7H2,1-2H3. The van der Waals surface area contributed by atoms with Gasteiger partial charge in [-0.2, -0.15) is 0 Å². The predicted octanol–water partition coefficient (Wildman–Crippen LogP) is 3.97. The molecule has 0 fully saturated rings. The lowest BCUT2D eigenvalue weighted by Crippen LogP contribution is -2.13. The van der Waals surface area contributed by atoms with Crippen LogP contribution in [0.25, 0.3) is 10.6 Å². The Labute approximate surface area is 113 Å². The predicted molar refractivity (Wildman–Crippen MR) is 74.3 cm³/mol. The van der Waals surface area contributed by atoms with Crippen LogP contribution in [0, 0.1) is 6.92 Å². The number of thiophene rings is 1. The van der Waals surface area contributed by atoms with Gasteiger partial charge in [-0.1, -0.05) is 6.92 Å². The number of rotatable bonds is 5. The second-order valence-corrected chi connectivity index (χ2v) is 6.23. The summed E-state index contributed by atoms with van der Waals surface area (Å²) in [5.74, 6) is 1.59. The SMILES string of the molecule is CCCNCc1ncc(-c2cc(C)c(Br)s2)o1. The molecule has 92 valence electrons. The van der Waals surface area contributed by atoms with E-state index in [0.717, 1.165) is 33.3 Å². The molecule has 0 amide bonds. The molecular formula is C12H15BrN2OS. The maximum atomic E-state index is 5.70. The number of nitrogens with one attached hydrogen (secondary N) is 1. The largest absolute Gasteiger partial charge is 0.438 e. The third-order valence-corrected chi connectivity index (χ3v) is 4.51. The first-order valence-corrected chi connectivity index (χ1v) is 7.23. The van der Waals surface area contributed by atoms with Crippen LogP contribution in [0.5, 0.6) is 0 Å². The van der Waals surface area contributed by atoms with Gasteiger partial charge in [-0.3, -0.25) is 0 Å². The minimum Gasteiger partial charge on any atom is -0.438 e. The molecule has 3 nitrogen and oxygen atoms in total. The molecule has 5 heteroatoms. The molecule has 1 N–H and O–H groups in total. The molecule has 2 rings (SSSR count). The second kappa shape index (κ2) is 5.80. The van der Waals surface area contributed by atoms with Gasteiger partial charge in [-0.15, -0.1) is 11.3 Å². The van der Waals surface area contributed by atoms with Crippen LogP contribution in [0.1, 0.15) is 24.8 Å². The van der Waals surface area contributed by atoms with Crippen LogP contribution in [-0.4, -0.2) is 11.5 Å². The first kappa shape index (κ1) is 12.8. The van der Waals surface area contributed by atoms with E-state index in [4.69, 9.17) is 4.42 Å². The van der Waals surface area contributed by atoms with Crippen molar-refractivity contribution in [3.8, 4) is 10.6 Å². The van der Waals surface area contributed by atoms with Gasteiger partial charge in [0, 0.05) is 0 Å². The number of aryl methyl sites for hydroxylation is 1. The van der Waals surface area contributed by atoms with Gasteiger partial charge in [0.15, 0.2) is 5.76 Å². The van der Waals surface area contributed by atoms with Crippen LogP contribution in [0.3, 0.4) is 0 Å². The first-order valence-electron chi connectivity index (χ1n) is 5.62. The van der Waals surface area contributed by atoms with Crippen molar-refractivity contribution in [2.45, 2.75) is 26.8 Å². The van der Waals surface area contributed by atoms with Gasteiger partial charge in [0.1, 0.15) is 0 Å². The molecule has 0 spiro atoms. The van der Waals surface area contributed by atoms with Crippen LogP contribution < -0.4 is 5.32 Å². The number of aromatic nitrogens is 1. The van der Waals surface area contributed by atoms with Crippen molar-refractivity contribution in [3.63, 3.8) is 0 Å². The molecule has 2 aromatic rings. The van der Waals surface area contributed by atoms with Crippen LogP contribution >= 0.6 is 27.3 Å². The Morgan fingerprint density at radius 3 is 3.00 bits per heavy atom. The Morgan fingerprint density at radius 1 is 1.53 bits per heavy atom. The van der Waals surface area contributed by atoms with Gasteiger partial charge in [0.25, 0.3) is 0 Å². The Kier molecular flexibility index (Phi) is 4.36. The van der Waals surface area contributed by atoms with Gasteiger partial charge in [0.2, 0.25) is 5.89 Å². The van der Waals surface area contributed by atoms with Crippen molar-refractivity contribution in [2.75, 3.05) is 6.54 Å². The van der Waals surface area contributed by atoms with E-state index < -0.39 is 0 Å². The van der Waals surface area contributed by atoms with Crippen molar-refractivity contribution in [3.05, 3.63) is 27.5 Å². The monoisotopic (exact) mass is 314 g/mol. The van der Waals surface area contributed by atoms with E-state index in [0.29, 0.717) is 6.54 Å². The van der Waals surface area contributed by atoms with Crippen molar-refractivity contribution >= 4 is 27.3 Å². The molecule has 0 aliphatic heterocycles. The maximum absolute atomic E-state index is 5.70. The fraction of sp³-hybridized carbons (Fsp3) is 0.417. The van der Waals surface area contributed by atoms with Gasteiger partial charge < -0.3 is 9.73 Å². The normalized spacial score (nSPS) is 11.0. The summed E-state index contributed by atoms with van der Waals surface area (Å²) in [6, 6.07) is 2.11. The summed E-state index contributed by atoms with van der Waals surface area (Å²) in [6.45, 7) is 5.89. The average Bonchev–Trinajstić information content (AvgIpc) is 2.88. The molecule has 0 aliphatic rings. The summed E-state index contributed by atoms with van der Waals surface area (Å²) >= 11 is 5.19. The highest BCUT2D eigenvalue weighted by molar-refractivity contribution is 9.11. The fourth-order valence-electron chi connectivity index (χ4n) is 1.46. The molecule has 0 saturated carbocycles. The number of oxazole rings is 1. The number of halogens is 1. The Bertz CT molecular complexity index is 473. The van der Waals surface area contributed by atoms with E-state index in [9.17, 15) is 0 Å². The molecule has 2 heterocycles. The summed E-state index contributed by atoms with van der Waals surface area (Å²) in [4.78, 5) is 5.38. The summed E-state index contributed by atoms with van der Waals surface area (Å²) in [5, 5.41) is 3.27.